The maximum atomic E-state index is 5.14. The lowest BCUT2D eigenvalue weighted by Crippen LogP contribution is -2.45. The molecule has 3 nitrogen and oxygen atoms in total. The highest BCUT2D eigenvalue weighted by Crippen LogP contribution is 2.24. The third-order valence-corrected chi connectivity index (χ3v) is 3.43. The SMILES string of the molecule is CNC1CCCN(C(C)c2ccoc2)C1. The van der Waals surface area contributed by atoms with Crippen LogP contribution < -0.4 is 5.32 Å². The molecule has 0 radical (unpaired) electrons. The molecule has 3 heteroatoms. The lowest BCUT2D eigenvalue weighted by Gasteiger charge is -2.36. The molecule has 0 aromatic carbocycles. The fourth-order valence-corrected chi connectivity index (χ4v) is 2.32. The quantitative estimate of drug-likeness (QED) is 0.824. The minimum Gasteiger partial charge on any atom is -0.472 e. The van der Waals surface area contributed by atoms with Crippen LogP contribution in [0, 0.1) is 0 Å². The monoisotopic (exact) mass is 208 g/mol. The molecular formula is C12H20N2O. The van der Waals surface area contributed by atoms with Crippen LogP contribution in [-0.4, -0.2) is 31.1 Å². The summed E-state index contributed by atoms with van der Waals surface area (Å²) in [6.07, 6.45) is 6.19. The van der Waals surface area contributed by atoms with Gasteiger partial charge in [0.1, 0.15) is 0 Å². The van der Waals surface area contributed by atoms with E-state index in [1.54, 1.807) is 6.26 Å². The molecule has 1 aliphatic rings. The first-order chi connectivity index (χ1) is 7.31. The molecule has 1 saturated heterocycles. The van der Waals surface area contributed by atoms with E-state index in [2.05, 4.69) is 30.3 Å². The van der Waals surface area contributed by atoms with Gasteiger partial charge in [0.05, 0.1) is 12.5 Å². The summed E-state index contributed by atoms with van der Waals surface area (Å²) in [4.78, 5) is 2.52. The highest BCUT2D eigenvalue weighted by Gasteiger charge is 2.23. The van der Waals surface area contributed by atoms with Crippen molar-refractivity contribution < 1.29 is 4.42 Å². The molecule has 1 N–H and O–H groups in total. The molecule has 2 unspecified atom stereocenters. The molecule has 84 valence electrons. The second kappa shape index (κ2) is 4.81. The molecule has 0 bridgehead atoms. The van der Waals surface area contributed by atoms with Gasteiger partial charge >= 0.3 is 0 Å². The van der Waals surface area contributed by atoms with Crippen LogP contribution in [0.25, 0.3) is 0 Å². The van der Waals surface area contributed by atoms with Gasteiger partial charge in [-0.05, 0) is 39.4 Å². The van der Waals surface area contributed by atoms with E-state index in [-0.39, 0.29) is 0 Å². The van der Waals surface area contributed by atoms with E-state index in [1.807, 2.05) is 6.26 Å². The Kier molecular flexibility index (Phi) is 3.44. The number of piperidine rings is 1. The Hall–Kier alpha value is -0.800. The maximum Gasteiger partial charge on any atom is 0.0950 e. The smallest absolute Gasteiger partial charge is 0.0950 e. The first kappa shape index (κ1) is 10.7. The van der Waals surface area contributed by atoms with Crippen molar-refractivity contribution in [2.75, 3.05) is 20.1 Å². The van der Waals surface area contributed by atoms with E-state index in [1.165, 1.54) is 24.9 Å². The Bertz CT molecular complexity index is 284. The third-order valence-electron chi connectivity index (χ3n) is 3.43. The summed E-state index contributed by atoms with van der Waals surface area (Å²) in [5.74, 6) is 0. The van der Waals surface area contributed by atoms with Gasteiger partial charge in [0.2, 0.25) is 0 Å². The Morgan fingerprint density at radius 1 is 1.60 bits per heavy atom. The van der Waals surface area contributed by atoms with E-state index in [4.69, 9.17) is 4.42 Å². The van der Waals surface area contributed by atoms with Crippen LogP contribution in [0.2, 0.25) is 0 Å². The van der Waals surface area contributed by atoms with Gasteiger partial charge in [0.25, 0.3) is 0 Å². The summed E-state index contributed by atoms with van der Waals surface area (Å²) in [6, 6.07) is 3.18. The standard InChI is InChI=1S/C12H20N2O/c1-10(11-5-7-15-9-11)14-6-3-4-12(8-14)13-2/h5,7,9-10,12-13H,3-4,6,8H2,1-2H3. The average molecular weight is 208 g/mol. The summed E-state index contributed by atoms with van der Waals surface area (Å²) >= 11 is 0. The average Bonchev–Trinajstić information content (AvgIpc) is 2.81. The number of nitrogens with one attached hydrogen (secondary N) is 1. The van der Waals surface area contributed by atoms with Gasteiger partial charge in [-0.1, -0.05) is 0 Å². The van der Waals surface area contributed by atoms with Gasteiger partial charge < -0.3 is 9.73 Å². The highest BCUT2D eigenvalue weighted by molar-refractivity contribution is 5.11. The minimum atomic E-state index is 0.472. The summed E-state index contributed by atoms with van der Waals surface area (Å²) in [7, 11) is 2.05. The first-order valence-corrected chi connectivity index (χ1v) is 5.74. The number of nitrogens with zero attached hydrogens (tertiary/aromatic N) is 1. The van der Waals surface area contributed by atoms with Gasteiger partial charge in [-0.3, -0.25) is 4.90 Å². The molecule has 0 aliphatic carbocycles. The fourth-order valence-electron chi connectivity index (χ4n) is 2.32. The zero-order chi connectivity index (χ0) is 10.7. The first-order valence-electron chi connectivity index (χ1n) is 5.74. The lowest BCUT2D eigenvalue weighted by atomic mass is 10.0. The van der Waals surface area contributed by atoms with Gasteiger partial charge in [-0.2, -0.15) is 0 Å². The number of hydrogen-bond donors (Lipinski definition) is 1. The number of rotatable bonds is 3. The zero-order valence-electron chi connectivity index (χ0n) is 9.57. The normalized spacial score (nSPS) is 25.3. The zero-order valence-corrected chi connectivity index (χ0v) is 9.57. The molecule has 1 aromatic heterocycles. The molecule has 1 aliphatic heterocycles. The highest BCUT2D eigenvalue weighted by atomic mass is 16.3. The Labute approximate surface area is 91.4 Å². The Morgan fingerprint density at radius 3 is 3.13 bits per heavy atom. The van der Waals surface area contributed by atoms with E-state index in [0.29, 0.717) is 12.1 Å². The van der Waals surface area contributed by atoms with E-state index >= 15 is 0 Å². The van der Waals surface area contributed by atoms with Gasteiger partial charge in [-0.15, -0.1) is 0 Å². The summed E-state index contributed by atoms with van der Waals surface area (Å²) in [6.45, 7) is 4.59. The summed E-state index contributed by atoms with van der Waals surface area (Å²) < 4.78 is 5.14. The van der Waals surface area contributed by atoms with Gasteiger partial charge in [-0.25, -0.2) is 0 Å². The molecule has 0 saturated carbocycles. The lowest BCUT2D eigenvalue weighted by molar-refractivity contribution is 0.149. The molecule has 1 fully saturated rings. The second-order valence-corrected chi connectivity index (χ2v) is 4.36. The Balaban J connectivity index is 1.98. The molecule has 15 heavy (non-hydrogen) atoms. The van der Waals surface area contributed by atoms with Crippen LogP contribution in [0.5, 0.6) is 0 Å². The van der Waals surface area contributed by atoms with Crippen molar-refractivity contribution in [3.63, 3.8) is 0 Å². The largest absolute Gasteiger partial charge is 0.472 e. The molecule has 2 atom stereocenters. The topological polar surface area (TPSA) is 28.4 Å². The minimum absolute atomic E-state index is 0.472. The van der Waals surface area contributed by atoms with Crippen molar-refractivity contribution in [3.05, 3.63) is 24.2 Å². The number of likely N-dealkylation sites (N-methyl/N-ethyl adjacent to an activating group) is 1. The van der Waals surface area contributed by atoms with Gasteiger partial charge in [0, 0.05) is 24.2 Å². The van der Waals surface area contributed by atoms with E-state index < -0.39 is 0 Å². The predicted molar refractivity (Wildman–Crippen MR) is 60.8 cm³/mol. The molecule has 0 amide bonds. The number of likely N-dealkylation sites (tertiary alicyclic amines) is 1. The van der Waals surface area contributed by atoms with Crippen LogP contribution in [0.1, 0.15) is 31.4 Å². The number of furan rings is 1. The predicted octanol–water partition coefficient (Wildman–Crippen LogP) is 2.02. The van der Waals surface area contributed by atoms with Crippen molar-refractivity contribution in [1.82, 2.24) is 10.2 Å². The number of hydrogen-bond acceptors (Lipinski definition) is 3. The molecule has 2 rings (SSSR count). The summed E-state index contributed by atoms with van der Waals surface area (Å²) in [5.41, 5.74) is 1.28. The van der Waals surface area contributed by atoms with Crippen LogP contribution in [0.4, 0.5) is 0 Å². The fraction of sp³-hybridized carbons (Fsp3) is 0.667. The molecule has 2 heterocycles. The van der Waals surface area contributed by atoms with Crippen LogP contribution in [0.3, 0.4) is 0 Å². The maximum absolute atomic E-state index is 5.14. The van der Waals surface area contributed by atoms with Crippen molar-refractivity contribution in [2.45, 2.75) is 31.8 Å². The van der Waals surface area contributed by atoms with Crippen LogP contribution in [-0.2, 0) is 0 Å². The molecule has 0 spiro atoms. The van der Waals surface area contributed by atoms with Crippen molar-refractivity contribution in [2.24, 2.45) is 0 Å². The Morgan fingerprint density at radius 2 is 2.47 bits per heavy atom. The van der Waals surface area contributed by atoms with E-state index in [0.717, 1.165) is 6.54 Å². The van der Waals surface area contributed by atoms with Crippen LogP contribution in [0.15, 0.2) is 23.0 Å². The molecule has 1 aromatic rings. The molecular weight excluding hydrogens is 188 g/mol. The van der Waals surface area contributed by atoms with Crippen molar-refractivity contribution >= 4 is 0 Å². The van der Waals surface area contributed by atoms with Crippen molar-refractivity contribution in [3.8, 4) is 0 Å². The van der Waals surface area contributed by atoms with Crippen molar-refractivity contribution in [1.29, 1.82) is 0 Å². The second-order valence-electron chi connectivity index (χ2n) is 4.36. The van der Waals surface area contributed by atoms with E-state index in [9.17, 15) is 0 Å². The van der Waals surface area contributed by atoms with Crippen LogP contribution >= 0.6 is 0 Å². The third kappa shape index (κ3) is 2.41. The van der Waals surface area contributed by atoms with Gasteiger partial charge in [0.15, 0.2) is 0 Å². The summed E-state index contributed by atoms with van der Waals surface area (Å²) in [5, 5.41) is 3.37.